The predicted molar refractivity (Wildman–Crippen MR) is 143 cm³/mol. The van der Waals surface area contributed by atoms with Gasteiger partial charge in [-0.1, -0.05) is 17.7 Å². The molecule has 0 saturated heterocycles. The zero-order valence-corrected chi connectivity index (χ0v) is 23.2. The largest absolute Gasteiger partial charge is 0.491 e. The van der Waals surface area contributed by atoms with Crippen LogP contribution in [0.15, 0.2) is 60.4 Å². The molecule has 1 aromatic carbocycles. The molecule has 3 aromatic rings. The van der Waals surface area contributed by atoms with Crippen molar-refractivity contribution >= 4 is 33.8 Å². The number of amides is 1. The van der Waals surface area contributed by atoms with Gasteiger partial charge in [-0.15, -0.1) is 0 Å². The zero-order chi connectivity index (χ0) is 29.5. The molecule has 2 heterocycles. The molecule has 0 aliphatic carbocycles. The van der Waals surface area contributed by atoms with E-state index in [4.69, 9.17) is 21.1 Å². The molecule has 1 amide bonds. The Labute approximate surface area is 234 Å². The Morgan fingerprint density at radius 3 is 2.52 bits per heavy atom. The molecular weight excluding hydrogens is 573 g/mol. The summed E-state index contributed by atoms with van der Waals surface area (Å²) in [4.78, 5) is 20.4. The minimum absolute atomic E-state index is 0.0102. The fraction of sp³-hybridized carbons (Fsp3) is 0.269. The molecule has 0 aliphatic heterocycles. The number of carbonyl (C=O) groups excluding carboxylic acids is 1. The molecular formula is C26H26ClF3N4O5S. The van der Waals surface area contributed by atoms with Gasteiger partial charge in [0.2, 0.25) is 5.88 Å². The van der Waals surface area contributed by atoms with Gasteiger partial charge < -0.3 is 9.47 Å². The van der Waals surface area contributed by atoms with Crippen molar-refractivity contribution < 1.29 is 35.9 Å². The normalized spacial score (nSPS) is 12.3. The highest BCUT2D eigenvalue weighted by atomic mass is 35.5. The predicted octanol–water partition coefficient (Wildman–Crippen LogP) is 5.32. The van der Waals surface area contributed by atoms with E-state index < -0.39 is 32.9 Å². The Morgan fingerprint density at radius 1 is 1.15 bits per heavy atom. The maximum absolute atomic E-state index is 13.0. The van der Waals surface area contributed by atoms with E-state index in [1.54, 1.807) is 44.3 Å². The van der Waals surface area contributed by atoms with E-state index in [0.717, 1.165) is 0 Å². The molecule has 0 unspecified atom stereocenters. The number of hydrogen-bond donors (Lipinski definition) is 2. The zero-order valence-electron chi connectivity index (χ0n) is 21.6. The number of pyridine rings is 2. The number of ether oxygens (including phenoxy) is 2. The Morgan fingerprint density at radius 2 is 1.90 bits per heavy atom. The van der Waals surface area contributed by atoms with Crippen LogP contribution in [0.3, 0.4) is 0 Å². The number of alkyl halides is 3. The lowest BCUT2D eigenvalue weighted by molar-refractivity contribution is -0.137. The third-order valence-corrected chi connectivity index (χ3v) is 6.36. The summed E-state index contributed by atoms with van der Waals surface area (Å²) < 4.78 is 79.2. The van der Waals surface area contributed by atoms with Gasteiger partial charge in [-0.3, -0.25) is 9.78 Å². The van der Waals surface area contributed by atoms with Gasteiger partial charge in [-0.05, 0) is 57.2 Å². The van der Waals surface area contributed by atoms with Crippen molar-refractivity contribution in [3.63, 3.8) is 0 Å². The minimum atomic E-state index is -4.65. The van der Waals surface area contributed by atoms with Crippen LogP contribution < -0.4 is 18.9 Å². The number of nitrogens with zero attached hydrogens (tertiary/aromatic N) is 2. The van der Waals surface area contributed by atoms with E-state index in [0.29, 0.717) is 30.1 Å². The summed E-state index contributed by atoms with van der Waals surface area (Å²) in [5.41, 5.74) is -0.108. The number of rotatable bonds is 11. The van der Waals surface area contributed by atoms with Gasteiger partial charge in [0.05, 0.1) is 11.7 Å². The topological polar surface area (TPSA) is 120 Å². The summed E-state index contributed by atoms with van der Waals surface area (Å²) in [6.07, 6.45) is -1.03. The standard InChI is InChI=1S/C26H26ClF3N4O5S/c1-16(2)38-21-8-7-18(23(14-21)39-25-22(27)13-19(15-32-25)26(28,29)30)12-17(3)24(35)34-40(36,37)33-11-9-20-6-4-5-10-31-20/h4-8,10,12-16,33H,9,11H2,1-3H3,(H,34,35). The van der Waals surface area contributed by atoms with E-state index in [1.807, 2.05) is 4.72 Å². The van der Waals surface area contributed by atoms with Crippen LogP contribution in [-0.4, -0.2) is 36.9 Å². The summed E-state index contributed by atoms with van der Waals surface area (Å²) in [6.45, 7) is 4.98. The van der Waals surface area contributed by atoms with E-state index in [2.05, 4.69) is 14.7 Å². The highest BCUT2D eigenvalue weighted by molar-refractivity contribution is 7.88. The molecule has 9 nitrogen and oxygen atoms in total. The molecule has 0 bridgehead atoms. The molecule has 0 aliphatic rings. The van der Waals surface area contributed by atoms with Crippen LogP contribution in [0.2, 0.25) is 5.02 Å². The highest BCUT2D eigenvalue weighted by Gasteiger charge is 2.32. The Hall–Kier alpha value is -3.68. The lowest BCUT2D eigenvalue weighted by Gasteiger charge is -2.15. The number of halogens is 4. The fourth-order valence-electron chi connectivity index (χ4n) is 3.22. The first-order chi connectivity index (χ1) is 18.7. The van der Waals surface area contributed by atoms with Crippen LogP contribution in [0.5, 0.6) is 17.4 Å². The van der Waals surface area contributed by atoms with Gasteiger partial charge in [0.25, 0.3) is 5.91 Å². The molecule has 214 valence electrons. The average Bonchev–Trinajstić information content (AvgIpc) is 2.86. The van der Waals surface area contributed by atoms with E-state index in [1.165, 1.54) is 25.1 Å². The summed E-state index contributed by atoms with van der Waals surface area (Å²) in [7, 11) is -4.18. The second kappa shape index (κ2) is 13.1. The Kier molecular flexibility index (Phi) is 10.1. The second-order valence-electron chi connectivity index (χ2n) is 8.70. The van der Waals surface area contributed by atoms with Crippen molar-refractivity contribution in [2.24, 2.45) is 0 Å². The van der Waals surface area contributed by atoms with Crippen molar-refractivity contribution in [2.45, 2.75) is 39.5 Å². The molecule has 0 fully saturated rings. The summed E-state index contributed by atoms with van der Waals surface area (Å²) in [6, 6.07) is 10.5. The van der Waals surface area contributed by atoms with Crippen molar-refractivity contribution in [1.82, 2.24) is 19.4 Å². The molecule has 40 heavy (non-hydrogen) atoms. The molecule has 3 rings (SSSR count). The molecule has 0 atom stereocenters. The molecule has 2 N–H and O–H groups in total. The smallest absolute Gasteiger partial charge is 0.417 e. The highest BCUT2D eigenvalue weighted by Crippen LogP contribution is 2.37. The van der Waals surface area contributed by atoms with Gasteiger partial charge in [0, 0.05) is 48.3 Å². The van der Waals surface area contributed by atoms with Crippen LogP contribution in [0, 0.1) is 0 Å². The number of aromatic nitrogens is 2. The Bertz CT molecular complexity index is 1480. The van der Waals surface area contributed by atoms with Gasteiger partial charge in [-0.2, -0.15) is 26.3 Å². The minimum Gasteiger partial charge on any atom is -0.491 e. The average molecular weight is 599 g/mol. The molecule has 14 heteroatoms. The van der Waals surface area contributed by atoms with E-state index >= 15 is 0 Å². The maximum atomic E-state index is 13.0. The number of hydrogen-bond acceptors (Lipinski definition) is 7. The van der Waals surface area contributed by atoms with Crippen molar-refractivity contribution in [1.29, 1.82) is 0 Å². The van der Waals surface area contributed by atoms with E-state index in [9.17, 15) is 26.4 Å². The Balaban J connectivity index is 1.80. The van der Waals surface area contributed by atoms with Crippen molar-refractivity contribution in [3.8, 4) is 17.4 Å². The summed E-state index contributed by atoms with van der Waals surface area (Å²) in [5, 5.41) is -0.391. The SMILES string of the molecule is CC(=Cc1ccc(OC(C)C)cc1Oc1ncc(C(F)(F)F)cc1Cl)C(=O)NS(=O)(=O)NCCc1ccccn1. The van der Waals surface area contributed by atoms with Crippen molar-refractivity contribution in [2.75, 3.05) is 6.54 Å². The molecule has 0 saturated carbocycles. The third kappa shape index (κ3) is 9.21. The summed E-state index contributed by atoms with van der Waals surface area (Å²) >= 11 is 6.00. The molecule has 2 aromatic heterocycles. The van der Waals surface area contributed by atoms with Crippen molar-refractivity contribution in [3.05, 3.63) is 82.3 Å². The summed E-state index contributed by atoms with van der Waals surface area (Å²) in [5.74, 6) is -0.806. The molecule has 0 radical (unpaired) electrons. The first-order valence-corrected chi connectivity index (χ1v) is 13.7. The van der Waals surface area contributed by atoms with Crippen LogP contribution in [0.4, 0.5) is 13.2 Å². The number of carbonyl (C=O) groups is 1. The third-order valence-electron chi connectivity index (χ3n) is 5.05. The first-order valence-electron chi connectivity index (χ1n) is 11.8. The first kappa shape index (κ1) is 30.9. The second-order valence-corrected chi connectivity index (χ2v) is 10.6. The number of nitrogens with one attached hydrogen (secondary N) is 2. The maximum Gasteiger partial charge on any atom is 0.417 e. The fourth-order valence-corrected chi connectivity index (χ4v) is 4.28. The van der Waals surface area contributed by atoms with Crippen LogP contribution in [0.25, 0.3) is 6.08 Å². The van der Waals surface area contributed by atoms with Gasteiger partial charge in [-0.25, -0.2) is 9.71 Å². The lowest BCUT2D eigenvalue weighted by atomic mass is 10.1. The number of benzene rings is 1. The lowest BCUT2D eigenvalue weighted by Crippen LogP contribution is -2.41. The van der Waals surface area contributed by atoms with Gasteiger partial charge in [0.15, 0.2) is 0 Å². The van der Waals surface area contributed by atoms with Crippen LogP contribution in [0.1, 0.15) is 37.6 Å². The van der Waals surface area contributed by atoms with Crippen LogP contribution >= 0.6 is 11.6 Å². The van der Waals surface area contributed by atoms with Gasteiger partial charge in [0.1, 0.15) is 16.5 Å². The van der Waals surface area contributed by atoms with Crippen LogP contribution in [-0.2, 0) is 27.6 Å². The van der Waals surface area contributed by atoms with E-state index in [-0.39, 0.29) is 35.4 Å². The quantitative estimate of drug-likeness (QED) is 0.287. The monoisotopic (exact) mass is 598 g/mol. The van der Waals surface area contributed by atoms with Gasteiger partial charge >= 0.3 is 16.4 Å². The molecule has 0 spiro atoms.